The first-order valence-corrected chi connectivity index (χ1v) is 5.37. The Morgan fingerprint density at radius 3 is 2.45 bits per heavy atom. The molecule has 0 aromatic heterocycles. The van der Waals surface area contributed by atoms with Crippen LogP contribution >= 0.6 is 23.2 Å². The van der Waals surface area contributed by atoms with Crippen LogP contribution in [0, 0.1) is 0 Å². The molecule has 0 bridgehead atoms. The molecule has 1 aromatic carbocycles. The maximum absolute atomic E-state index is 5.81. The van der Waals surface area contributed by atoms with Crippen LogP contribution in [0.5, 0.6) is 0 Å². The maximum atomic E-state index is 5.81. The number of hydrogen-bond donors (Lipinski definition) is 0. The zero-order chi connectivity index (χ0) is 8.27. The van der Waals surface area contributed by atoms with Crippen LogP contribution in [0.2, 0.25) is 15.3 Å². The van der Waals surface area contributed by atoms with Gasteiger partial charge in [-0.1, -0.05) is 0 Å². The summed E-state index contributed by atoms with van der Waals surface area (Å²) in [6.45, 7) is 0. The van der Waals surface area contributed by atoms with E-state index in [1.807, 2.05) is 18.2 Å². The van der Waals surface area contributed by atoms with Gasteiger partial charge in [-0.25, -0.2) is 0 Å². The predicted octanol–water partition coefficient (Wildman–Crippen LogP) is 3.12. The molecule has 0 saturated carbocycles. The molecule has 0 atom stereocenters. The van der Waals surface area contributed by atoms with Crippen molar-refractivity contribution < 1.29 is 0 Å². The fraction of sp³-hybridized carbons (Fsp3) is 0.250. The Labute approximate surface area is 85.4 Å². The summed E-state index contributed by atoms with van der Waals surface area (Å²) in [4.78, 5) is 0. The Hall–Kier alpha value is 0.358. The normalized spacial score (nSPS) is 10.1. The third kappa shape index (κ3) is 2.70. The van der Waals surface area contributed by atoms with E-state index in [9.17, 15) is 0 Å². The summed E-state index contributed by atoms with van der Waals surface area (Å²) < 4.78 is 0. The second-order valence-electron chi connectivity index (χ2n) is 2.22. The minimum absolute atomic E-state index is 0.626. The van der Waals surface area contributed by atoms with Crippen molar-refractivity contribution in [1.29, 1.82) is 0 Å². The molecule has 0 aliphatic rings. The van der Waals surface area contributed by atoms with Crippen LogP contribution in [0.3, 0.4) is 0 Å². The first-order valence-electron chi connectivity index (χ1n) is 3.29. The Morgan fingerprint density at radius 2 is 1.91 bits per heavy atom. The van der Waals surface area contributed by atoms with E-state index >= 15 is 0 Å². The Kier molecular flexibility index (Phi) is 3.78. The molecule has 0 amide bonds. The summed E-state index contributed by atoms with van der Waals surface area (Å²) >= 11 is 14.1. The van der Waals surface area contributed by atoms with Crippen molar-refractivity contribution in [2.75, 3.05) is 0 Å². The van der Waals surface area contributed by atoms with E-state index in [4.69, 9.17) is 23.2 Å². The van der Waals surface area contributed by atoms with Gasteiger partial charge in [0, 0.05) is 0 Å². The molecule has 2 radical (unpaired) electrons. The van der Waals surface area contributed by atoms with Gasteiger partial charge in [-0.2, -0.15) is 0 Å². The van der Waals surface area contributed by atoms with E-state index in [0.29, 0.717) is 10.0 Å². The van der Waals surface area contributed by atoms with Crippen LogP contribution in [0.4, 0.5) is 0 Å². The van der Waals surface area contributed by atoms with Gasteiger partial charge in [0.05, 0.1) is 0 Å². The number of aryl methyl sites for hydroxylation is 1. The number of rotatable bonds is 2. The van der Waals surface area contributed by atoms with Crippen LogP contribution < -0.4 is 0 Å². The third-order valence-corrected chi connectivity index (χ3v) is 2.59. The van der Waals surface area contributed by atoms with Crippen molar-refractivity contribution in [2.45, 2.75) is 11.6 Å². The van der Waals surface area contributed by atoms with Crippen molar-refractivity contribution in [2.24, 2.45) is 0 Å². The summed E-state index contributed by atoms with van der Waals surface area (Å²) in [6.07, 6.45) is 1.04. The molecule has 0 heterocycles. The van der Waals surface area contributed by atoms with Crippen molar-refractivity contribution in [1.82, 2.24) is 0 Å². The summed E-state index contributed by atoms with van der Waals surface area (Å²) in [5.74, 6) is 0. The van der Waals surface area contributed by atoms with Gasteiger partial charge in [-0.3, -0.25) is 0 Å². The first-order chi connectivity index (χ1) is 5.24. The van der Waals surface area contributed by atoms with Crippen LogP contribution in [-0.2, 0) is 6.42 Å². The zero-order valence-electron chi connectivity index (χ0n) is 5.85. The van der Waals surface area contributed by atoms with E-state index in [0.717, 1.165) is 11.6 Å². The SMILES string of the molecule is Clc1ccc(CC[As])cc1Cl. The van der Waals surface area contributed by atoms with Gasteiger partial charge in [-0.15, -0.1) is 0 Å². The van der Waals surface area contributed by atoms with E-state index in [-0.39, 0.29) is 0 Å². The molecular weight excluding hydrogens is 242 g/mol. The van der Waals surface area contributed by atoms with E-state index in [1.54, 1.807) is 0 Å². The topological polar surface area (TPSA) is 0 Å². The van der Waals surface area contributed by atoms with Crippen molar-refractivity contribution in [3.05, 3.63) is 33.8 Å². The molecule has 0 fully saturated rings. The van der Waals surface area contributed by atoms with Crippen molar-refractivity contribution >= 4 is 40.1 Å². The van der Waals surface area contributed by atoms with Crippen LogP contribution in [-0.4, -0.2) is 16.9 Å². The molecule has 1 rings (SSSR count). The van der Waals surface area contributed by atoms with Gasteiger partial charge in [-0.05, 0) is 0 Å². The van der Waals surface area contributed by atoms with Gasteiger partial charge >= 0.3 is 85.5 Å². The monoisotopic (exact) mass is 248 g/mol. The number of benzene rings is 1. The number of hydrogen-bond acceptors (Lipinski definition) is 0. The predicted molar refractivity (Wildman–Crippen MR) is 50.7 cm³/mol. The molecule has 58 valence electrons. The molecule has 0 N–H and O–H groups in total. The van der Waals surface area contributed by atoms with Gasteiger partial charge in [0.25, 0.3) is 0 Å². The molecule has 0 nitrogen and oxygen atoms in total. The molecule has 1 aromatic rings. The average Bonchev–Trinajstić information content (AvgIpc) is 1.98. The standard InChI is InChI=1S/C8H7AsCl2/c9-4-3-6-1-2-7(10)8(11)5-6/h1-2,5H,3-4H2. The quantitative estimate of drug-likeness (QED) is 0.706. The van der Waals surface area contributed by atoms with E-state index in [1.165, 1.54) is 5.56 Å². The molecule has 0 saturated heterocycles. The molecular formula is C8H7AsCl2. The van der Waals surface area contributed by atoms with Crippen LogP contribution in [0.15, 0.2) is 18.2 Å². The summed E-state index contributed by atoms with van der Waals surface area (Å²) in [5.41, 5.74) is 1.24. The van der Waals surface area contributed by atoms with Crippen molar-refractivity contribution in [3.63, 3.8) is 0 Å². The Bertz CT molecular complexity index is 248. The van der Waals surface area contributed by atoms with Crippen molar-refractivity contribution in [3.8, 4) is 0 Å². The van der Waals surface area contributed by atoms with Gasteiger partial charge in [0.1, 0.15) is 0 Å². The zero-order valence-corrected chi connectivity index (χ0v) is 9.24. The Balaban J connectivity index is 2.86. The van der Waals surface area contributed by atoms with E-state index in [2.05, 4.69) is 16.9 Å². The van der Waals surface area contributed by atoms with E-state index < -0.39 is 0 Å². The fourth-order valence-corrected chi connectivity index (χ4v) is 1.69. The molecule has 0 unspecified atom stereocenters. The first kappa shape index (κ1) is 9.45. The average molecular weight is 249 g/mol. The molecule has 3 heteroatoms. The molecule has 11 heavy (non-hydrogen) atoms. The second kappa shape index (κ2) is 4.40. The summed E-state index contributed by atoms with van der Waals surface area (Å²) in [7, 11) is 0. The second-order valence-corrected chi connectivity index (χ2v) is 3.97. The van der Waals surface area contributed by atoms with Crippen LogP contribution in [0.1, 0.15) is 5.56 Å². The number of halogens is 2. The minimum atomic E-state index is 0.626. The van der Waals surface area contributed by atoms with Crippen LogP contribution in [0.25, 0.3) is 0 Å². The fourth-order valence-electron chi connectivity index (χ4n) is 0.824. The van der Waals surface area contributed by atoms with Gasteiger partial charge in [0.15, 0.2) is 0 Å². The summed E-state index contributed by atoms with van der Waals surface area (Å²) in [5, 5.41) is 2.34. The molecule has 0 aliphatic carbocycles. The van der Waals surface area contributed by atoms with Gasteiger partial charge < -0.3 is 0 Å². The van der Waals surface area contributed by atoms with Gasteiger partial charge in [0.2, 0.25) is 0 Å². The molecule has 0 aliphatic heterocycles. The summed E-state index contributed by atoms with van der Waals surface area (Å²) in [6, 6.07) is 5.75. The third-order valence-electron chi connectivity index (χ3n) is 1.38. The molecule has 0 spiro atoms. The Morgan fingerprint density at radius 1 is 1.18 bits per heavy atom.